The third-order valence-electron chi connectivity index (χ3n) is 2.48. The molecule has 2 rings (SSSR count). The minimum Gasteiger partial charge on any atom is -0.393 e. The highest BCUT2D eigenvalue weighted by Gasteiger charge is 2.20. The highest BCUT2D eigenvalue weighted by Crippen LogP contribution is 2.29. The number of rotatable bonds is 2. The maximum absolute atomic E-state index is 5.65. The summed E-state index contributed by atoms with van der Waals surface area (Å²) >= 11 is 4.90. The smallest absolute Gasteiger partial charge is 0.0890 e. The van der Waals surface area contributed by atoms with Gasteiger partial charge in [-0.05, 0) is 17.5 Å². The van der Waals surface area contributed by atoms with E-state index in [4.69, 9.17) is 22.7 Å². The van der Waals surface area contributed by atoms with Crippen LogP contribution in [0.3, 0.4) is 0 Å². The monoisotopic (exact) mass is 207 g/mol. The molecule has 0 saturated carbocycles. The van der Waals surface area contributed by atoms with Gasteiger partial charge in [0.25, 0.3) is 0 Å². The second-order valence-corrected chi connectivity index (χ2v) is 4.00. The van der Waals surface area contributed by atoms with E-state index in [1.165, 1.54) is 11.1 Å². The molecule has 0 spiro atoms. The van der Waals surface area contributed by atoms with E-state index in [9.17, 15) is 0 Å². The number of thiocarbonyl (C=S) groups is 1. The Morgan fingerprint density at radius 3 is 3.07 bits per heavy atom. The van der Waals surface area contributed by atoms with E-state index in [2.05, 4.69) is 18.2 Å². The molecule has 1 heterocycles. The molecule has 1 unspecified atom stereocenters. The Bertz CT molecular complexity index is 351. The first-order valence-corrected chi connectivity index (χ1v) is 5.16. The molecule has 0 aliphatic carbocycles. The minimum absolute atomic E-state index is 0.0671. The van der Waals surface area contributed by atoms with Gasteiger partial charge in [0, 0.05) is 6.42 Å². The molecule has 2 nitrogen and oxygen atoms in total. The second-order valence-electron chi connectivity index (χ2n) is 3.48. The van der Waals surface area contributed by atoms with E-state index in [0.29, 0.717) is 11.4 Å². The van der Waals surface area contributed by atoms with Crippen molar-refractivity contribution in [3.05, 3.63) is 35.4 Å². The van der Waals surface area contributed by atoms with Crippen LogP contribution in [0.4, 0.5) is 0 Å². The van der Waals surface area contributed by atoms with Crippen molar-refractivity contribution in [3.63, 3.8) is 0 Å². The van der Waals surface area contributed by atoms with Crippen LogP contribution in [-0.4, -0.2) is 11.6 Å². The van der Waals surface area contributed by atoms with Crippen LogP contribution in [0.25, 0.3) is 0 Å². The van der Waals surface area contributed by atoms with Crippen LogP contribution in [0, 0.1) is 0 Å². The quantitative estimate of drug-likeness (QED) is 0.753. The highest BCUT2D eigenvalue weighted by molar-refractivity contribution is 7.80. The number of fused-ring (bicyclic) bond motifs is 1. The summed E-state index contributed by atoms with van der Waals surface area (Å²) in [6.07, 6.45) is 1.70. The number of hydrogen-bond acceptors (Lipinski definition) is 2. The molecule has 0 amide bonds. The van der Waals surface area contributed by atoms with Gasteiger partial charge in [0.1, 0.15) is 0 Å². The SMILES string of the molecule is NC(=S)CC1OCCc2ccccc21. The molecule has 0 saturated heterocycles. The first kappa shape index (κ1) is 9.62. The fraction of sp³-hybridized carbons (Fsp3) is 0.364. The van der Waals surface area contributed by atoms with E-state index in [0.717, 1.165) is 13.0 Å². The molecule has 1 aliphatic rings. The van der Waals surface area contributed by atoms with Gasteiger partial charge >= 0.3 is 0 Å². The zero-order valence-electron chi connectivity index (χ0n) is 7.90. The first-order valence-electron chi connectivity index (χ1n) is 4.75. The molecule has 1 aromatic carbocycles. The summed E-state index contributed by atoms with van der Waals surface area (Å²) in [5.74, 6) is 0. The van der Waals surface area contributed by atoms with E-state index in [1.807, 2.05) is 6.07 Å². The molecule has 3 heteroatoms. The van der Waals surface area contributed by atoms with Crippen LogP contribution >= 0.6 is 12.2 Å². The fourth-order valence-electron chi connectivity index (χ4n) is 1.83. The standard InChI is InChI=1S/C11H13NOS/c12-11(14)7-10-9-4-2-1-3-8(9)5-6-13-10/h1-4,10H,5-7H2,(H2,12,14). The summed E-state index contributed by atoms with van der Waals surface area (Å²) in [6.45, 7) is 0.768. The van der Waals surface area contributed by atoms with Crippen LogP contribution in [0.5, 0.6) is 0 Å². The molecule has 0 fully saturated rings. The number of benzene rings is 1. The maximum Gasteiger partial charge on any atom is 0.0890 e. The Balaban J connectivity index is 2.26. The Hall–Kier alpha value is -0.930. The van der Waals surface area contributed by atoms with Crippen LogP contribution in [-0.2, 0) is 11.2 Å². The average Bonchev–Trinajstić information content (AvgIpc) is 2.18. The Kier molecular flexibility index (Phi) is 2.79. The minimum atomic E-state index is 0.0671. The van der Waals surface area contributed by atoms with Gasteiger partial charge in [0.05, 0.1) is 17.7 Å². The summed E-state index contributed by atoms with van der Waals surface area (Å²) < 4.78 is 5.65. The van der Waals surface area contributed by atoms with Crippen LogP contribution in [0.1, 0.15) is 23.7 Å². The molecular formula is C11H13NOS. The lowest BCUT2D eigenvalue weighted by Gasteiger charge is -2.25. The van der Waals surface area contributed by atoms with Gasteiger partial charge in [0.15, 0.2) is 0 Å². The predicted molar refractivity (Wildman–Crippen MR) is 60.2 cm³/mol. The largest absolute Gasteiger partial charge is 0.393 e. The molecule has 74 valence electrons. The Morgan fingerprint density at radius 2 is 2.29 bits per heavy atom. The zero-order chi connectivity index (χ0) is 9.97. The molecule has 2 N–H and O–H groups in total. The Morgan fingerprint density at radius 1 is 1.50 bits per heavy atom. The topological polar surface area (TPSA) is 35.2 Å². The first-order chi connectivity index (χ1) is 6.77. The molecule has 1 atom stereocenters. The average molecular weight is 207 g/mol. The number of nitrogens with two attached hydrogens (primary N) is 1. The van der Waals surface area contributed by atoms with E-state index in [1.54, 1.807) is 0 Å². The maximum atomic E-state index is 5.65. The van der Waals surface area contributed by atoms with E-state index >= 15 is 0 Å². The Labute approximate surface area is 89.1 Å². The van der Waals surface area contributed by atoms with Gasteiger partial charge in [-0.2, -0.15) is 0 Å². The molecule has 1 aliphatic heterocycles. The lowest BCUT2D eigenvalue weighted by atomic mass is 9.96. The van der Waals surface area contributed by atoms with Crippen LogP contribution in [0.15, 0.2) is 24.3 Å². The van der Waals surface area contributed by atoms with Crippen molar-refractivity contribution in [3.8, 4) is 0 Å². The molecular weight excluding hydrogens is 194 g/mol. The van der Waals surface area contributed by atoms with E-state index in [-0.39, 0.29) is 6.10 Å². The fourth-order valence-corrected chi connectivity index (χ4v) is 1.98. The van der Waals surface area contributed by atoms with Crippen molar-refractivity contribution in [2.24, 2.45) is 5.73 Å². The summed E-state index contributed by atoms with van der Waals surface area (Å²) in [6, 6.07) is 8.32. The van der Waals surface area contributed by atoms with Crippen LogP contribution < -0.4 is 5.73 Å². The molecule has 0 radical (unpaired) electrons. The van der Waals surface area contributed by atoms with Crippen molar-refractivity contribution in [2.45, 2.75) is 18.9 Å². The lowest BCUT2D eigenvalue weighted by molar-refractivity contribution is 0.0476. The van der Waals surface area contributed by atoms with Crippen molar-refractivity contribution >= 4 is 17.2 Å². The third-order valence-corrected chi connectivity index (χ3v) is 2.65. The molecule has 1 aromatic rings. The van der Waals surface area contributed by atoms with Crippen molar-refractivity contribution in [1.82, 2.24) is 0 Å². The van der Waals surface area contributed by atoms with Crippen molar-refractivity contribution in [1.29, 1.82) is 0 Å². The van der Waals surface area contributed by atoms with E-state index < -0.39 is 0 Å². The molecule has 0 aromatic heterocycles. The third kappa shape index (κ3) is 1.94. The van der Waals surface area contributed by atoms with Crippen molar-refractivity contribution in [2.75, 3.05) is 6.61 Å². The summed E-state index contributed by atoms with van der Waals surface area (Å²) in [4.78, 5) is 0.520. The van der Waals surface area contributed by atoms with Gasteiger partial charge in [-0.3, -0.25) is 0 Å². The van der Waals surface area contributed by atoms with Crippen molar-refractivity contribution < 1.29 is 4.74 Å². The summed E-state index contributed by atoms with van der Waals surface area (Å²) in [5.41, 5.74) is 8.14. The normalized spacial score (nSPS) is 20.1. The lowest BCUT2D eigenvalue weighted by Crippen LogP contribution is -2.21. The van der Waals surface area contributed by atoms with Gasteiger partial charge < -0.3 is 10.5 Å². The highest BCUT2D eigenvalue weighted by atomic mass is 32.1. The predicted octanol–water partition coefficient (Wildman–Crippen LogP) is 1.98. The van der Waals surface area contributed by atoms with Gasteiger partial charge in [0.2, 0.25) is 0 Å². The molecule has 14 heavy (non-hydrogen) atoms. The summed E-state index contributed by atoms with van der Waals surface area (Å²) in [7, 11) is 0. The number of ether oxygens (including phenoxy) is 1. The van der Waals surface area contributed by atoms with Gasteiger partial charge in [-0.1, -0.05) is 36.5 Å². The number of hydrogen-bond donors (Lipinski definition) is 1. The van der Waals surface area contributed by atoms with Gasteiger partial charge in [-0.15, -0.1) is 0 Å². The summed E-state index contributed by atoms with van der Waals surface area (Å²) in [5, 5.41) is 0. The van der Waals surface area contributed by atoms with Gasteiger partial charge in [-0.25, -0.2) is 0 Å². The zero-order valence-corrected chi connectivity index (χ0v) is 8.72. The second kappa shape index (κ2) is 4.07. The van der Waals surface area contributed by atoms with Crippen LogP contribution in [0.2, 0.25) is 0 Å². The molecule has 0 bridgehead atoms.